The summed E-state index contributed by atoms with van der Waals surface area (Å²) in [4.78, 5) is 13.3. The number of hydrogen-bond donors (Lipinski definition) is 1. The second-order valence-electron chi connectivity index (χ2n) is 10.8. The fraction of sp³-hybridized carbons (Fsp3) is 0.556. The van der Waals surface area contributed by atoms with Gasteiger partial charge in [0.15, 0.2) is 11.4 Å². The van der Waals surface area contributed by atoms with E-state index in [1.807, 2.05) is 32.0 Å². The molecule has 0 radical (unpaired) electrons. The van der Waals surface area contributed by atoms with E-state index in [-0.39, 0.29) is 28.8 Å². The minimum atomic E-state index is -0.145. The first-order valence-electron chi connectivity index (χ1n) is 12.6. The van der Waals surface area contributed by atoms with Gasteiger partial charge in [-0.2, -0.15) is 4.52 Å². The average molecular weight is 496 g/mol. The maximum Gasteiger partial charge on any atom is 0.242 e. The molecule has 3 heterocycles. The third-order valence-electron chi connectivity index (χ3n) is 6.71. The van der Waals surface area contributed by atoms with Crippen molar-refractivity contribution in [2.45, 2.75) is 66.3 Å². The van der Waals surface area contributed by atoms with Gasteiger partial charge in [-0.1, -0.05) is 34.6 Å². The topological polar surface area (TPSA) is 104 Å². The van der Waals surface area contributed by atoms with Crippen molar-refractivity contribution in [3.63, 3.8) is 0 Å². The summed E-state index contributed by atoms with van der Waals surface area (Å²) in [7, 11) is 0. The predicted octanol–water partition coefficient (Wildman–Crippen LogP) is 4.09. The second-order valence-corrected chi connectivity index (χ2v) is 10.8. The monoisotopic (exact) mass is 495 g/mol. The summed E-state index contributed by atoms with van der Waals surface area (Å²) in [6, 6.07) is 7.50. The van der Waals surface area contributed by atoms with E-state index in [4.69, 9.17) is 19.6 Å². The number of benzene rings is 1. The van der Waals surface area contributed by atoms with Crippen molar-refractivity contribution in [3.05, 3.63) is 46.6 Å². The maximum atomic E-state index is 13.3. The van der Waals surface area contributed by atoms with Crippen LogP contribution in [0.2, 0.25) is 0 Å². The Balaban J connectivity index is 1.59. The lowest BCUT2D eigenvalue weighted by Crippen LogP contribution is -2.46. The minimum Gasteiger partial charge on any atom is -0.494 e. The van der Waals surface area contributed by atoms with Crippen LogP contribution in [0.3, 0.4) is 0 Å². The maximum absolute atomic E-state index is 13.3. The fourth-order valence-electron chi connectivity index (χ4n) is 4.04. The molecule has 1 aromatic carbocycles. The molecular formula is C27H37N5O4. The van der Waals surface area contributed by atoms with Gasteiger partial charge in [0.25, 0.3) is 0 Å². The van der Waals surface area contributed by atoms with Crippen LogP contribution in [0.15, 0.2) is 24.3 Å². The summed E-state index contributed by atoms with van der Waals surface area (Å²) in [5, 5.41) is 17.6. The van der Waals surface area contributed by atoms with Crippen molar-refractivity contribution >= 4 is 11.4 Å². The zero-order valence-electron chi connectivity index (χ0n) is 22.2. The van der Waals surface area contributed by atoms with E-state index < -0.39 is 0 Å². The molecular weight excluding hydrogens is 458 g/mol. The number of aryl methyl sites for hydroxylation is 1. The molecule has 9 nitrogen and oxygen atoms in total. The fourth-order valence-corrected chi connectivity index (χ4v) is 4.04. The predicted molar refractivity (Wildman–Crippen MR) is 136 cm³/mol. The summed E-state index contributed by atoms with van der Waals surface area (Å²) in [6.45, 7) is 14.8. The molecule has 0 bridgehead atoms. The molecule has 0 unspecified atom stereocenters. The number of ether oxygens (including phenoxy) is 3. The Morgan fingerprint density at radius 1 is 1.14 bits per heavy atom. The highest BCUT2D eigenvalue weighted by Gasteiger charge is 2.38. The highest BCUT2D eigenvalue weighted by Crippen LogP contribution is 2.32. The molecule has 1 saturated heterocycles. The molecule has 194 valence electrons. The lowest BCUT2D eigenvalue weighted by atomic mass is 9.84. The zero-order valence-corrected chi connectivity index (χ0v) is 22.2. The number of Topliss-reactive ketones (excluding diaryl/α,β-unsaturated/α-hetero) is 1. The van der Waals surface area contributed by atoms with Crippen molar-refractivity contribution in [2.75, 3.05) is 26.4 Å². The molecule has 4 rings (SSSR count). The van der Waals surface area contributed by atoms with Gasteiger partial charge in [-0.05, 0) is 48.9 Å². The van der Waals surface area contributed by atoms with E-state index in [1.54, 1.807) is 6.07 Å². The van der Waals surface area contributed by atoms with Gasteiger partial charge < -0.3 is 14.2 Å². The summed E-state index contributed by atoms with van der Waals surface area (Å²) in [5.74, 6) is 0.966. The van der Waals surface area contributed by atoms with Crippen LogP contribution in [0.5, 0.6) is 11.6 Å². The smallest absolute Gasteiger partial charge is 0.242 e. The van der Waals surface area contributed by atoms with Crippen LogP contribution in [0.25, 0.3) is 5.65 Å². The van der Waals surface area contributed by atoms with Crippen molar-refractivity contribution in [2.24, 2.45) is 5.41 Å². The van der Waals surface area contributed by atoms with Gasteiger partial charge in [-0.25, -0.2) is 4.68 Å². The number of carbonyl (C=O) groups is 1. The molecule has 2 aromatic heterocycles. The Labute approximate surface area is 211 Å². The minimum absolute atomic E-state index is 0.0125. The van der Waals surface area contributed by atoms with E-state index in [1.165, 1.54) is 9.20 Å². The molecule has 1 aliphatic heterocycles. The van der Waals surface area contributed by atoms with Gasteiger partial charge >= 0.3 is 0 Å². The first-order valence-corrected chi connectivity index (χ1v) is 12.6. The highest BCUT2D eigenvalue weighted by molar-refractivity contribution is 5.96. The molecule has 1 aliphatic rings. The van der Waals surface area contributed by atoms with Crippen LogP contribution in [0.4, 0.5) is 0 Å². The molecule has 0 aliphatic carbocycles. The van der Waals surface area contributed by atoms with Crippen LogP contribution < -0.4 is 15.1 Å². The molecule has 3 aromatic rings. The first kappa shape index (κ1) is 25.9. The zero-order chi connectivity index (χ0) is 26.1. The quantitative estimate of drug-likeness (QED) is 0.425. The van der Waals surface area contributed by atoms with Crippen molar-refractivity contribution < 1.29 is 19.0 Å². The van der Waals surface area contributed by atoms with Gasteiger partial charge in [0, 0.05) is 17.2 Å². The molecule has 1 fully saturated rings. The molecule has 0 atom stereocenters. The summed E-state index contributed by atoms with van der Waals surface area (Å²) >= 11 is 0. The lowest BCUT2D eigenvalue weighted by Gasteiger charge is -2.40. The molecule has 0 spiro atoms. The van der Waals surface area contributed by atoms with Crippen LogP contribution in [-0.2, 0) is 16.7 Å². The third-order valence-corrected chi connectivity index (χ3v) is 6.71. The Morgan fingerprint density at radius 2 is 1.89 bits per heavy atom. The number of aromatic nitrogens is 4. The average Bonchev–Trinajstić information content (AvgIpc) is 3.12. The molecule has 9 heteroatoms. The number of hydrogen-bond acceptors (Lipinski definition) is 7. The Morgan fingerprint density at radius 3 is 2.50 bits per heavy atom. The van der Waals surface area contributed by atoms with Crippen LogP contribution in [-0.4, -0.2) is 51.6 Å². The highest BCUT2D eigenvalue weighted by atomic mass is 16.5. The van der Waals surface area contributed by atoms with Crippen LogP contribution >= 0.6 is 0 Å². The second kappa shape index (κ2) is 10.0. The first-order chi connectivity index (χ1) is 17.0. The number of fused-ring (bicyclic) bond motifs is 1. The van der Waals surface area contributed by atoms with Gasteiger partial charge in [-0.3, -0.25) is 10.2 Å². The number of ketones is 1. The Kier molecular flexibility index (Phi) is 7.22. The summed E-state index contributed by atoms with van der Waals surface area (Å²) in [5.41, 5.74) is 2.80. The Bertz CT molecular complexity index is 1310. The summed E-state index contributed by atoms with van der Waals surface area (Å²) < 4.78 is 20.0. The van der Waals surface area contributed by atoms with Crippen LogP contribution in [0.1, 0.15) is 68.9 Å². The molecule has 36 heavy (non-hydrogen) atoms. The van der Waals surface area contributed by atoms with E-state index in [0.717, 1.165) is 24.0 Å². The number of rotatable bonds is 10. The summed E-state index contributed by atoms with van der Waals surface area (Å²) in [6.07, 6.45) is 1.85. The van der Waals surface area contributed by atoms with E-state index >= 15 is 0 Å². The van der Waals surface area contributed by atoms with Crippen molar-refractivity contribution in [1.82, 2.24) is 19.4 Å². The number of nitrogens with one attached hydrogen (secondary N) is 1. The van der Waals surface area contributed by atoms with Gasteiger partial charge in [0.1, 0.15) is 18.9 Å². The van der Waals surface area contributed by atoms with E-state index in [0.29, 0.717) is 49.3 Å². The van der Waals surface area contributed by atoms with Gasteiger partial charge in [0.05, 0.1) is 25.2 Å². The van der Waals surface area contributed by atoms with E-state index in [9.17, 15) is 4.79 Å². The van der Waals surface area contributed by atoms with E-state index in [2.05, 4.69) is 37.9 Å². The molecule has 0 amide bonds. The SMILES string of the molecule is CCCOc1cc(C(=O)Cn2nc3c(C)cc(OCC4(CC)COC4)nn3c2=N)cc(C(C)(C)C)c1. The number of nitrogens with zero attached hydrogens (tertiary/aromatic N) is 4. The largest absolute Gasteiger partial charge is 0.494 e. The van der Waals surface area contributed by atoms with Crippen molar-refractivity contribution in [3.8, 4) is 11.6 Å². The van der Waals surface area contributed by atoms with Gasteiger partial charge in [-0.15, -0.1) is 10.2 Å². The van der Waals surface area contributed by atoms with Crippen LogP contribution in [0, 0.1) is 17.7 Å². The molecule has 1 N–H and O–H groups in total. The Hall–Kier alpha value is -3.20. The van der Waals surface area contributed by atoms with Crippen molar-refractivity contribution in [1.29, 1.82) is 5.41 Å². The normalized spacial score (nSPS) is 15.1. The lowest BCUT2D eigenvalue weighted by molar-refractivity contribution is -0.134. The molecule has 0 saturated carbocycles. The standard InChI is InChI=1S/C27H37N5O4/c1-7-9-35-21-12-19(11-20(13-21)26(4,5)6)22(33)14-31-25(28)32-24(30-31)18(3)10-23(29-32)36-17-27(8-2)15-34-16-27/h10-13,28H,7-9,14-17H2,1-6H3. The van der Waals surface area contributed by atoms with Gasteiger partial charge in [0.2, 0.25) is 11.5 Å². The number of carbonyl (C=O) groups excluding carboxylic acids is 1. The third kappa shape index (κ3) is 5.31.